The molecule has 2 aromatic heterocycles. The van der Waals surface area contributed by atoms with Crippen LogP contribution in [0.25, 0.3) is 101 Å². The summed E-state index contributed by atoms with van der Waals surface area (Å²) in [6.45, 7) is 7.71. The van der Waals surface area contributed by atoms with E-state index in [1.54, 1.807) is 24.3 Å². The molecule has 0 saturated heterocycles. The SMILES string of the molecule is C=Cc1ccc(-c2ccc3c(c2)c2cc(-c4ccc(Cl)cc4)ccc2n3-c2ccccc2)cc1.C=Cc1ccc(-c2ccc3c(c2)c2cc(Br)ccc2n3-c2ccccc2)cc1.OB(O)c1ccc(Cl)cc1. The molecule has 4 nitrogen and oxygen atoms in total. The number of nitrogens with zero attached hydrogens (tertiary/aromatic N) is 2. The van der Waals surface area contributed by atoms with Crippen molar-refractivity contribution in [3.63, 3.8) is 0 Å². The summed E-state index contributed by atoms with van der Waals surface area (Å²) < 4.78 is 5.77. The summed E-state index contributed by atoms with van der Waals surface area (Å²) in [7, 11) is -1.41. The lowest BCUT2D eigenvalue weighted by molar-refractivity contribution is 0.426. The van der Waals surface area contributed by atoms with E-state index in [0.29, 0.717) is 10.5 Å². The first-order chi connectivity index (χ1) is 35.1. The summed E-state index contributed by atoms with van der Waals surface area (Å²) in [6.07, 6.45) is 3.75. The fraction of sp³-hybridized carbons (Fsp3) is 0. The fourth-order valence-electron chi connectivity index (χ4n) is 9.17. The predicted molar refractivity (Wildman–Crippen MR) is 312 cm³/mol. The molecule has 0 unspecified atom stereocenters. The first-order valence-corrected chi connectivity index (χ1v) is 25.0. The maximum absolute atomic E-state index is 8.63. The molecular formula is C64H46BBrCl2N2O2. The first-order valence-electron chi connectivity index (χ1n) is 23.4. The summed E-state index contributed by atoms with van der Waals surface area (Å²) in [4.78, 5) is 0. The molecule has 10 aromatic carbocycles. The number of halogens is 3. The highest BCUT2D eigenvalue weighted by Gasteiger charge is 2.16. The van der Waals surface area contributed by atoms with Crippen molar-refractivity contribution in [1.29, 1.82) is 0 Å². The molecule has 0 amide bonds. The zero-order valence-electron chi connectivity index (χ0n) is 39.0. The molecule has 0 fully saturated rings. The lowest BCUT2D eigenvalue weighted by Gasteiger charge is -2.08. The Hall–Kier alpha value is -7.68. The Bertz CT molecular complexity index is 3870. The van der Waals surface area contributed by atoms with Crippen LogP contribution in [0.2, 0.25) is 10.0 Å². The van der Waals surface area contributed by atoms with Gasteiger partial charge in [-0.15, -0.1) is 0 Å². The number of para-hydroxylation sites is 2. The van der Waals surface area contributed by atoms with Gasteiger partial charge in [0.15, 0.2) is 0 Å². The van der Waals surface area contributed by atoms with Gasteiger partial charge in [0, 0.05) is 47.4 Å². The molecule has 12 rings (SSSR count). The normalized spacial score (nSPS) is 11.0. The third kappa shape index (κ3) is 10.1. The van der Waals surface area contributed by atoms with E-state index >= 15 is 0 Å². The number of fused-ring (bicyclic) bond motifs is 6. The van der Waals surface area contributed by atoms with E-state index in [0.717, 1.165) is 31.9 Å². The van der Waals surface area contributed by atoms with Crippen LogP contribution in [0.5, 0.6) is 0 Å². The molecule has 2 N–H and O–H groups in total. The van der Waals surface area contributed by atoms with Crippen molar-refractivity contribution in [3.8, 4) is 44.8 Å². The average Bonchev–Trinajstić information content (AvgIpc) is 3.93. The number of hydrogen-bond donors (Lipinski definition) is 2. The Labute approximate surface area is 437 Å². The first kappa shape index (κ1) is 48.0. The predicted octanol–water partition coefficient (Wildman–Crippen LogP) is 17.3. The number of rotatable bonds is 8. The van der Waals surface area contributed by atoms with Gasteiger partial charge in [-0.05, 0) is 153 Å². The molecule has 72 heavy (non-hydrogen) atoms. The number of aromatic nitrogens is 2. The maximum Gasteiger partial charge on any atom is 0.488 e. The minimum Gasteiger partial charge on any atom is -0.423 e. The Morgan fingerprint density at radius 3 is 1.06 bits per heavy atom. The van der Waals surface area contributed by atoms with Gasteiger partial charge in [0.25, 0.3) is 0 Å². The van der Waals surface area contributed by atoms with Crippen molar-refractivity contribution in [2.24, 2.45) is 0 Å². The summed E-state index contributed by atoms with van der Waals surface area (Å²) in [5.41, 5.74) is 17.0. The minimum absolute atomic E-state index is 0.449. The summed E-state index contributed by atoms with van der Waals surface area (Å²) in [5.74, 6) is 0. The second-order valence-corrected chi connectivity index (χ2v) is 19.1. The zero-order valence-corrected chi connectivity index (χ0v) is 42.1. The van der Waals surface area contributed by atoms with Gasteiger partial charge in [0.2, 0.25) is 0 Å². The topological polar surface area (TPSA) is 50.3 Å². The average molecular weight is 1040 g/mol. The van der Waals surface area contributed by atoms with E-state index in [1.807, 2.05) is 24.3 Å². The van der Waals surface area contributed by atoms with Gasteiger partial charge in [-0.1, -0.05) is 192 Å². The lowest BCUT2D eigenvalue weighted by Crippen LogP contribution is -2.29. The van der Waals surface area contributed by atoms with Crippen LogP contribution >= 0.6 is 39.1 Å². The molecule has 8 heteroatoms. The zero-order chi connectivity index (χ0) is 49.7. The maximum atomic E-state index is 8.63. The smallest absolute Gasteiger partial charge is 0.423 e. The highest BCUT2D eigenvalue weighted by molar-refractivity contribution is 9.10. The van der Waals surface area contributed by atoms with E-state index < -0.39 is 7.12 Å². The van der Waals surface area contributed by atoms with Crippen LogP contribution in [-0.4, -0.2) is 26.3 Å². The number of benzene rings is 10. The minimum atomic E-state index is -1.41. The quantitative estimate of drug-likeness (QED) is 0.149. The summed E-state index contributed by atoms with van der Waals surface area (Å²) >= 11 is 15.3. The molecular weight excluding hydrogens is 990 g/mol. The molecule has 0 aliphatic carbocycles. The van der Waals surface area contributed by atoms with Gasteiger partial charge in [-0.3, -0.25) is 0 Å². The third-order valence-corrected chi connectivity index (χ3v) is 13.8. The molecule has 12 aromatic rings. The van der Waals surface area contributed by atoms with Gasteiger partial charge in [-0.2, -0.15) is 0 Å². The molecule has 2 heterocycles. The standard InChI is InChI=1S/C32H22ClN.C26H18BrN.C6H6BClO2/c1-2-22-8-10-23(11-9-22)25-14-18-31-29(20-25)30-21-26(24-12-16-27(33)17-13-24)15-19-32(30)34(31)28-6-4-3-5-7-28;1-2-18-8-10-19(11-9-18)20-12-14-25-23(16-20)24-17-21(27)13-15-26(24)28(25)22-6-4-3-5-7-22;8-6-3-1-5(2-4-6)7(9)10/h2-21H,1H2;2-17H,1H2;1-4,9-10H. The van der Waals surface area contributed by atoms with E-state index in [9.17, 15) is 0 Å². The van der Waals surface area contributed by atoms with Gasteiger partial charge < -0.3 is 19.2 Å². The summed E-state index contributed by atoms with van der Waals surface area (Å²) in [6, 6.07) is 79.3. The highest BCUT2D eigenvalue weighted by Crippen LogP contribution is 2.39. The lowest BCUT2D eigenvalue weighted by atomic mass is 9.81. The van der Waals surface area contributed by atoms with E-state index in [1.165, 1.54) is 77.1 Å². The van der Waals surface area contributed by atoms with Crippen LogP contribution in [0, 0.1) is 0 Å². The molecule has 0 spiro atoms. The van der Waals surface area contributed by atoms with Crippen molar-refractivity contribution >= 4 is 107 Å². The van der Waals surface area contributed by atoms with Gasteiger partial charge in [0.1, 0.15) is 0 Å². The molecule has 0 atom stereocenters. The van der Waals surface area contributed by atoms with Crippen molar-refractivity contribution in [3.05, 3.63) is 269 Å². The van der Waals surface area contributed by atoms with Crippen LogP contribution in [0.4, 0.5) is 0 Å². The Balaban J connectivity index is 0.000000141. The second-order valence-electron chi connectivity index (χ2n) is 17.3. The van der Waals surface area contributed by atoms with Crippen molar-refractivity contribution in [2.75, 3.05) is 0 Å². The van der Waals surface area contributed by atoms with Crippen molar-refractivity contribution < 1.29 is 10.0 Å². The van der Waals surface area contributed by atoms with E-state index in [2.05, 4.69) is 232 Å². The van der Waals surface area contributed by atoms with E-state index in [4.69, 9.17) is 33.2 Å². The highest BCUT2D eigenvalue weighted by atomic mass is 79.9. The number of hydrogen-bond acceptors (Lipinski definition) is 2. The van der Waals surface area contributed by atoms with Crippen LogP contribution in [0.1, 0.15) is 11.1 Å². The third-order valence-electron chi connectivity index (χ3n) is 12.8. The molecule has 0 aliphatic heterocycles. The fourth-order valence-corrected chi connectivity index (χ4v) is 9.78. The Morgan fingerprint density at radius 2 is 0.694 bits per heavy atom. The second kappa shape index (κ2) is 21.4. The van der Waals surface area contributed by atoms with Crippen LogP contribution in [0.15, 0.2) is 248 Å². The van der Waals surface area contributed by atoms with Crippen molar-refractivity contribution in [1.82, 2.24) is 9.13 Å². The molecule has 348 valence electrons. The van der Waals surface area contributed by atoms with E-state index in [-0.39, 0.29) is 0 Å². The molecule has 0 radical (unpaired) electrons. The monoisotopic (exact) mass is 1030 g/mol. The van der Waals surface area contributed by atoms with Crippen LogP contribution in [0.3, 0.4) is 0 Å². The molecule has 0 saturated carbocycles. The Morgan fingerprint density at radius 1 is 0.375 bits per heavy atom. The molecule has 0 bridgehead atoms. The van der Waals surface area contributed by atoms with Crippen molar-refractivity contribution in [2.45, 2.75) is 0 Å². The largest absolute Gasteiger partial charge is 0.488 e. The van der Waals surface area contributed by atoms with Gasteiger partial charge >= 0.3 is 7.12 Å². The van der Waals surface area contributed by atoms with Gasteiger partial charge in [0.05, 0.1) is 22.1 Å². The van der Waals surface area contributed by atoms with Crippen LogP contribution < -0.4 is 5.46 Å². The van der Waals surface area contributed by atoms with Gasteiger partial charge in [-0.25, -0.2) is 0 Å². The van der Waals surface area contributed by atoms with Crippen LogP contribution in [-0.2, 0) is 0 Å². The Kier molecular flexibility index (Phi) is 14.2. The molecule has 0 aliphatic rings. The summed E-state index contributed by atoms with van der Waals surface area (Å²) in [5, 5.41) is 23.6.